The fourth-order valence-electron chi connectivity index (χ4n) is 1.51. The van der Waals surface area contributed by atoms with Crippen LogP contribution in [0.25, 0.3) is 0 Å². The fourth-order valence-corrected chi connectivity index (χ4v) is 1.91. The molecule has 0 amide bonds. The molecule has 0 unspecified atom stereocenters. The second-order valence-corrected chi connectivity index (χ2v) is 4.61. The standard InChI is InChI=1S/C13H13N3OS/c1-9-4-3-5-10(15-9)11(17)8-12-14-7-6-13(16-12)18-2/h3-7H,8H2,1-2H3. The first-order valence-corrected chi connectivity index (χ1v) is 6.74. The molecule has 0 radical (unpaired) electrons. The number of hydrogen-bond donors (Lipinski definition) is 0. The van der Waals surface area contributed by atoms with Crippen LogP contribution in [0.15, 0.2) is 35.5 Å². The zero-order valence-electron chi connectivity index (χ0n) is 10.3. The van der Waals surface area contributed by atoms with Crippen LogP contribution in [-0.4, -0.2) is 27.0 Å². The lowest BCUT2D eigenvalue weighted by Gasteiger charge is -2.02. The molecule has 2 aromatic heterocycles. The molecule has 2 aromatic rings. The number of carbonyl (C=O) groups excluding carboxylic acids is 1. The Balaban J connectivity index is 2.16. The summed E-state index contributed by atoms with van der Waals surface area (Å²) in [6.45, 7) is 1.86. The number of thioether (sulfide) groups is 1. The quantitative estimate of drug-likeness (QED) is 0.479. The summed E-state index contributed by atoms with van der Waals surface area (Å²) in [6.07, 6.45) is 3.80. The van der Waals surface area contributed by atoms with Gasteiger partial charge in [-0.25, -0.2) is 9.97 Å². The molecule has 0 spiro atoms. The van der Waals surface area contributed by atoms with Crippen LogP contribution in [0.5, 0.6) is 0 Å². The fraction of sp³-hybridized carbons (Fsp3) is 0.231. The number of nitrogens with zero attached hydrogens (tertiary/aromatic N) is 3. The van der Waals surface area contributed by atoms with Crippen molar-refractivity contribution in [3.63, 3.8) is 0 Å². The van der Waals surface area contributed by atoms with Crippen molar-refractivity contribution in [3.05, 3.63) is 47.7 Å². The zero-order valence-corrected chi connectivity index (χ0v) is 11.1. The van der Waals surface area contributed by atoms with E-state index in [0.29, 0.717) is 11.5 Å². The molecule has 4 nitrogen and oxygen atoms in total. The van der Waals surface area contributed by atoms with Gasteiger partial charge in [-0.3, -0.25) is 9.78 Å². The van der Waals surface area contributed by atoms with E-state index in [1.54, 1.807) is 12.3 Å². The van der Waals surface area contributed by atoms with E-state index in [9.17, 15) is 4.79 Å². The number of ketones is 1. The molecule has 0 bridgehead atoms. The number of hydrogen-bond acceptors (Lipinski definition) is 5. The Morgan fingerprint density at radius 2 is 2.11 bits per heavy atom. The molecular weight excluding hydrogens is 246 g/mol. The summed E-state index contributed by atoms with van der Waals surface area (Å²) in [5.41, 5.74) is 1.30. The molecule has 0 N–H and O–H groups in total. The van der Waals surface area contributed by atoms with Gasteiger partial charge in [0.05, 0.1) is 11.4 Å². The van der Waals surface area contributed by atoms with E-state index >= 15 is 0 Å². The normalized spacial score (nSPS) is 10.3. The van der Waals surface area contributed by atoms with Gasteiger partial charge in [-0.05, 0) is 31.4 Å². The first-order chi connectivity index (χ1) is 8.69. The molecule has 18 heavy (non-hydrogen) atoms. The second-order valence-electron chi connectivity index (χ2n) is 3.78. The molecule has 92 valence electrons. The Hall–Kier alpha value is -1.75. The van der Waals surface area contributed by atoms with Crippen LogP contribution in [0.4, 0.5) is 0 Å². The van der Waals surface area contributed by atoms with Crippen LogP contribution in [0.1, 0.15) is 22.0 Å². The molecule has 0 saturated heterocycles. The number of aryl methyl sites for hydroxylation is 1. The van der Waals surface area contributed by atoms with Crippen molar-refractivity contribution in [3.8, 4) is 0 Å². The van der Waals surface area contributed by atoms with Gasteiger partial charge >= 0.3 is 0 Å². The Morgan fingerprint density at radius 1 is 1.28 bits per heavy atom. The van der Waals surface area contributed by atoms with Crippen molar-refractivity contribution in [2.24, 2.45) is 0 Å². The third kappa shape index (κ3) is 3.13. The van der Waals surface area contributed by atoms with Crippen molar-refractivity contribution in [1.29, 1.82) is 0 Å². The topological polar surface area (TPSA) is 55.7 Å². The monoisotopic (exact) mass is 259 g/mol. The summed E-state index contributed by atoms with van der Waals surface area (Å²) in [4.78, 5) is 24.6. The lowest BCUT2D eigenvalue weighted by molar-refractivity contribution is 0.0985. The van der Waals surface area contributed by atoms with Crippen molar-refractivity contribution >= 4 is 17.5 Å². The molecule has 0 aliphatic heterocycles. The maximum Gasteiger partial charge on any atom is 0.188 e. The van der Waals surface area contributed by atoms with Crippen LogP contribution < -0.4 is 0 Å². The first kappa shape index (κ1) is 12.7. The third-order valence-electron chi connectivity index (χ3n) is 2.38. The molecule has 0 atom stereocenters. The van der Waals surface area contributed by atoms with Crippen LogP contribution in [0.2, 0.25) is 0 Å². The van der Waals surface area contributed by atoms with Gasteiger partial charge in [0.1, 0.15) is 11.5 Å². The van der Waals surface area contributed by atoms with Gasteiger partial charge in [0.25, 0.3) is 0 Å². The van der Waals surface area contributed by atoms with Crippen LogP contribution in [0.3, 0.4) is 0 Å². The summed E-state index contributed by atoms with van der Waals surface area (Å²) in [5.74, 6) is 0.479. The van der Waals surface area contributed by atoms with Crippen LogP contribution >= 0.6 is 11.8 Å². The Kier molecular flexibility index (Phi) is 4.04. The summed E-state index contributed by atoms with van der Waals surface area (Å²) < 4.78 is 0. The summed E-state index contributed by atoms with van der Waals surface area (Å²) in [7, 11) is 0. The molecule has 0 aromatic carbocycles. The third-order valence-corrected chi connectivity index (χ3v) is 3.03. The molecule has 2 heterocycles. The number of rotatable bonds is 4. The zero-order chi connectivity index (χ0) is 13.0. The maximum absolute atomic E-state index is 12.0. The number of aromatic nitrogens is 3. The van der Waals surface area contributed by atoms with E-state index in [2.05, 4.69) is 15.0 Å². The highest BCUT2D eigenvalue weighted by atomic mass is 32.2. The summed E-state index contributed by atoms with van der Waals surface area (Å²) >= 11 is 1.53. The van der Waals surface area contributed by atoms with Crippen LogP contribution in [0, 0.1) is 6.92 Å². The van der Waals surface area contributed by atoms with Crippen molar-refractivity contribution in [1.82, 2.24) is 15.0 Å². The summed E-state index contributed by atoms with van der Waals surface area (Å²) in [5, 5.41) is 0.866. The molecule has 0 aliphatic rings. The average molecular weight is 259 g/mol. The van der Waals surface area contributed by atoms with E-state index in [1.807, 2.05) is 31.4 Å². The summed E-state index contributed by atoms with van der Waals surface area (Å²) in [6, 6.07) is 7.23. The van der Waals surface area contributed by atoms with Gasteiger partial charge in [0.2, 0.25) is 0 Å². The van der Waals surface area contributed by atoms with Crippen molar-refractivity contribution in [2.45, 2.75) is 18.4 Å². The van der Waals surface area contributed by atoms with Crippen molar-refractivity contribution in [2.75, 3.05) is 6.26 Å². The van der Waals surface area contributed by atoms with E-state index in [4.69, 9.17) is 0 Å². The lowest BCUT2D eigenvalue weighted by Crippen LogP contribution is -2.09. The SMILES string of the molecule is CSc1ccnc(CC(=O)c2cccc(C)n2)n1. The van der Waals surface area contributed by atoms with E-state index in [1.165, 1.54) is 11.8 Å². The smallest absolute Gasteiger partial charge is 0.188 e. The highest BCUT2D eigenvalue weighted by molar-refractivity contribution is 7.98. The average Bonchev–Trinajstić information content (AvgIpc) is 2.39. The van der Waals surface area contributed by atoms with Gasteiger partial charge in [-0.15, -0.1) is 11.8 Å². The Bertz CT molecular complexity index is 572. The van der Waals surface area contributed by atoms with E-state index in [0.717, 1.165) is 10.7 Å². The van der Waals surface area contributed by atoms with Gasteiger partial charge in [0, 0.05) is 11.9 Å². The minimum absolute atomic E-state index is 0.0584. The molecule has 0 aliphatic carbocycles. The largest absolute Gasteiger partial charge is 0.292 e. The maximum atomic E-state index is 12.0. The van der Waals surface area contributed by atoms with Gasteiger partial charge in [0.15, 0.2) is 5.78 Å². The van der Waals surface area contributed by atoms with Gasteiger partial charge in [-0.2, -0.15) is 0 Å². The van der Waals surface area contributed by atoms with Crippen LogP contribution in [-0.2, 0) is 6.42 Å². The molecule has 2 rings (SSSR count). The lowest BCUT2D eigenvalue weighted by atomic mass is 10.2. The second kappa shape index (κ2) is 5.73. The molecular formula is C13H13N3OS. The Labute approximate surface area is 110 Å². The molecule has 5 heteroatoms. The predicted octanol–water partition coefficient (Wildman–Crippen LogP) is 2.33. The first-order valence-electron chi connectivity index (χ1n) is 5.52. The number of carbonyl (C=O) groups is 1. The van der Waals surface area contributed by atoms with E-state index < -0.39 is 0 Å². The number of Topliss-reactive ketones (excluding diaryl/α,β-unsaturated/α-hetero) is 1. The highest BCUT2D eigenvalue weighted by Gasteiger charge is 2.10. The predicted molar refractivity (Wildman–Crippen MR) is 70.8 cm³/mol. The highest BCUT2D eigenvalue weighted by Crippen LogP contribution is 2.11. The number of pyridine rings is 1. The van der Waals surface area contributed by atoms with Gasteiger partial charge in [-0.1, -0.05) is 6.07 Å². The minimum Gasteiger partial charge on any atom is -0.292 e. The Morgan fingerprint density at radius 3 is 2.83 bits per heavy atom. The van der Waals surface area contributed by atoms with Crippen molar-refractivity contribution < 1.29 is 4.79 Å². The van der Waals surface area contributed by atoms with E-state index in [-0.39, 0.29) is 12.2 Å². The van der Waals surface area contributed by atoms with Gasteiger partial charge < -0.3 is 0 Å². The molecule has 0 fully saturated rings. The molecule has 0 saturated carbocycles. The minimum atomic E-state index is -0.0584.